The van der Waals surface area contributed by atoms with E-state index < -0.39 is 0 Å². The van der Waals surface area contributed by atoms with Gasteiger partial charge in [-0.05, 0) is 25.8 Å². The Kier molecular flexibility index (Phi) is 3.23. The summed E-state index contributed by atoms with van der Waals surface area (Å²) >= 11 is 0. The molecule has 2 heteroatoms. The maximum Gasteiger partial charge on any atom is 0.109 e. The van der Waals surface area contributed by atoms with Crippen LogP contribution in [0.1, 0.15) is 57.2 Å². The van der Waals surface area contributed by atoms with Gasteiger partial charge in [-0.2, -0.15) is 0 Å². The van der Waals surface area contributed by atoms with Gasteiger partial charge in [0.2, 0.25) is 0 Å². The first-order valence-corrected chi connectivity index (χ1v) is 6.45. The molecule has 1 aromatic rings. The van der Waals surface area contributed by atoms with E-state index in [9.17, 15) is 0 Å². The maximum atomic E-state index is 4.80. The van der Waals surface area contributed by atoms with Crippen LogP contribution in [0, 0.1) is 0 Å². The molecule has 2 nitrogen and oxygen atoms in total. The van der Waals surface area contributed by atoms with Gasteiger partial charge in [0, 0.05) is 25.1 Å². The summed E-state index contributed by atoms with van der Waals surface area (Å²) in [4.78, 5) is 4.80. The standard InChI is InChI=1S/C15H22N2/c1-6-13-16-14-12(4)9-10(2)7-8-11(3)15(14)17(13)5/h7,9,11H,6,8H2,1-5H3/b10-7+,12-9-/t11-/m1/s1. The van der Waals surface area contributed by atoms with Crippen molar-refractivity contribution in [1.29, 1.82) is 0 Å². The molecule has 1 atom stereocenters. The molecule has 0 bridgehead atoms. The summed E-state index contributed by atoms with van der Waals surface area (Å²) in [6.07, 6.45) is 6.67. The fourth-order valence-corrected chi connectivity index (χ4v) is 2.67. The van der Waals surface area contributed by atoms with Crippen LogP contribution in [0.25, 0.3) is 5.57 Å². The van der Waals surface area contributed by atoms with E-state index in [1.807, 2.05) is 0 Å². The number of hydrogen-bond acceptors (Lipinski definition) is 1. The van der Waals surface area contributed by atoms with Crippen LogP contribution in [0.3, 0.4) is 0 Å². The van der Waals surface area contributed by atoms with E-state index in [2.05, 4.69) is 51.5 Å². The fraction of sp³-hybridized carbons (Fsp3) is 0.533. The Morgan fingerprint density at radius 1 is 1.41 bits per heavy atom. The van der Waals surface area contributed by atoms with Gasteiger partial charge in [-0.1, -0.05) is 31.6 Å². The smallest absolute Gasteiger partial charge is 0.109 e. The van der Waals surface area contributed by atoms with Crippen molar-refractivity contribution in [3.8, 4) is 0 Å². The highest BCUT2D eigenvalue weighted by molar-refractivity contribution is 5.66. The number of nitrogens with zero attached hydrogens (tertiary/aromatic N) is 2. The number of aromatic nitrogens is 2. The summed E-state index contributed by atoms with van der Waals surface area (Å²) in [5.74, 6) is 1.73. The van der Waals surface area contributed by atoms with Crippen LogP contribution in [0.15, 0.2) is 17.7 Å². The van der Waals surface area contributed by atoms with Gasteiger partial charge in [-0.3, -0.25) is 0 Å². The Morgan fingerprint density at radius 3 is 2.76 bits per heavy atom. The second-order valence-electron chi connectivity index (χ2n) is 5.09. The Balaban J connectivity index is 2.63. The molecule has 0 aromatic carbocycles. The zero-order chi connectivity index (χ0) is 12.6. The maximum absolute atomic E-state index is 4.80. The van der Waals surface area contributed by atoms with Gasteiger partial charge in [-0.25, -0.2) is 4.98 Å². The van der Waals surface area contributed by atoms with Gasteiger partial charge >= 0.3 is 0 Å². The molecule has 17 heavy (non-hydrogen) atoms. The molecule has 0 N–H and O–H groups in total. The topological polar surface area (TPSA) is 17.8 Å². The van der Waals surface area contributed by atoms with Crippen LogP contribution >= 0.6 is 0 Å². The van der Waals surface area contributed by atoms with Gasteiger partial charge in [0.25, 0.3) is 0 Å². The molecule has 0 unspecified atom stereocenters. The second kappa shape index (κ2) is 4.52. The Hall–Kier alpha value is -1.31. The van der Waals surface area contributed by atoms with Gasteiger partial charge in [0.15, 0.2) is 0 Å². The Morgan fingerprint density at radius 2 is 2.12 bits per heavy atom. The first kappa shape index (κ1) is 12.2. The summed E-state index contributed by atoms with van der Waals surface area (Å²) in [5.41, 5.74) is 5.22. The fourth-order valence-electron chi connectivity index (χ4n) is 2.67. The molecule has 0 spiro atoms. The van der Waals surface area contributed by atoms with Crippen LogP contribution in [-0.2, 0) is 13.5 Å². The van der Waals surface area contributed by atoms with E-state index in [4.69, 9.17) is 4.98 Å². The zero-order valence-corrected chi connectivity index (χ0v) is 11.5. The molecule has 0 radical (unpaired) electrons. The van der Waals surface area contributed by atoms with E-state index in [-0.39, 0.29) is 0 Å². The monoisotopic (exact) mass is 230 g/mol. The highest BCUT2D eigenvalue weighted by atomic mass is 15.1. The molecule has 0 saturated heterocycles. The van der Waals surface area contributed by atoms with E-state index in [1.165, 1.54) is 28.4 Å². The third-order valence-corrected chi connectivity index (χ3v) is 3.63. The van der Waals surface area contributed by atoms with E-state index in [0.29, 0.717) is 5.92 Å². The Labute approximate surface area is 104 Å². The molecule has 0 aliphatic heterocycles. The minimum Gasteiger partial charge on any atom is -0.334 e. The SMILES string of the molecule is CCc1nc2c(n1C)[C@H](C)C/C=C(C)/C=C\2C. The quantitative estimate of drug-likeness (QED) is 0.716. The summed E-state index contributed by atoms with van der Waals surface area (Å²) < 4.78 is 2.28. The van der Waals surface area contributed by atoms with Crippen molar-refractivity contribution >= 4 is 5.57 Å². The molecular formula is C15H22N2. The highest BCUT2D eigenvalue weighted by Gasteiger charge is 2.20. The Bertz CT molecular complexity index is 489. The van der Waals surface area contributed by atoms with Crippen molar-refractivity contribution < 1.29 is 0 Å². The molecule has 1 aliphatic carbocycles. The number of aryl methyl sites for hydroxylation is 1. The predicted molar refractivity (Wildman–Crippen MR) is 73.0 cm³/mol. The summed E-state index contributed by atoms with van der Waals surface area (Å²) in [7, 11) is 2.15. The third kappa shape index (κ3) is 2.08. The van der Waals surface area contributed by atoms with Crippen LogP contribution in [0.2, 0.25) is 0 Å². The highest BCUT2D eigenvalue weighted by Crippen LogP contribution is 2.31. The van der Waals surface area contributed by atoms with Crippen LogP contribution in [0.5, 0.6) is 0 Å². The lowest BCUT2D eigenvalue weighted by atomic mass is 9.94. The largest absolute Gasteiger partial charge is 0.334 e. The van der Waals surface area contributed by atoms with Crippen molar-refractivity contribution in [2.24, 2.45) is 7.05 Å². The van der Waals surface area contributed by atoms with Gasteiger partial charge in [-0.15, -0.1) is 0 Å². The first-order valence-electron chi connectivity index (χ1n) is 6.45. The lowest BCUT2D eigenvalue weighted by Gasteiger charge is -2.16. The van der Waals surface area contributed by atoms with Crippen molar-refractivity contribution in [3.05, 3.63) is 34.9 Å². The minimum absolute atomic E-state index is 0.543. The van der Waals surface area contributed by atoms with E-state index in [1.54, 1.807) is 0 Å². The number of fused-ring (bicyclic) bond motifs is 1. The molecule has 92 valence electrons. The summed E-state index contributed by atoms with van der Waals surface area (Å²) in [6.45, 7) is 8.80. The van der Waals surface area contributed by atoms with Gasteiger partial charge in [0.1, 0.15) is 5.82 Å². The van der Waals surface area contributed by atoms with Gasteiger partial charge in [0.05, 0.1) is 5.69 Å². The molecule has 0 fully saturated rings. The zero-order valence-electron chi connectivity index (χ0n) is 11.5. The molecule has 1 heterocycles. The molecule has 2 rings (SSSR count). The average molecular weight is 230 g/mol. The van der Waals surface area contributed by atoms with Crippen molar-refractivity contribution in [3.63, 3.8) is 0 Å². The summed E-state index contributed by atoms with van der Waals surface area (Å²) in [6, 6.07) is 0. The van der Waals surface area contributed by atoms with Crippen molar-refractivity contribution in [2.45, 2.75) is 46.5 Å². The predicted octanol–water partition coefficient (Wildman–Crippen LogP) is 3.84. The average Bonchev–Trinajstić information content (AvgIpc) is 2.62. The lowest BCUT2D eigenvalue weighted by Crippen LogP contribution is -2.06. The first-order chi connectivity index (χ1) is 8.04. The van der Waals surface area contributed by atoms with E-state index in [0.717, 1.165) is 12.8 Å². The lowest BCUT2D eigenvalue weighted by molar-refractivity contribution is 0.671. The minimum atomic E-state index is 0.543. The number of allylic oxidation sites excluding steroid dienone is 4. The van der Waals surface area contributed by atoms with Crippen molar-refractivity contribution in [2.75, 3.05) is 0 Å². The van der Waals surface area contributed by atoms with Crippen LogP contribution < -0.4 is 0 Å². The van der Waals surface area contributed by atoms with E-state index >= 15 is 0 Å². The van der Waals surface area contributed by atoms with Crippen LogP contribution in [-0.4, -0.2) is 9.55 Å². The number of hydrogen-bond donors (Lipinski definition) is 0. The summed E-state index contributed by atoms with van der Waals surface area (Å²) in [5, 5.41) is 0. The molecule has 0 amide bonds. The molecular weight excluding hydrogens is 208 g/mol. The number of imidazole rings is 1. The van der Waals surface area contributed by atoms with Crippen molar-refractivity contribution in [1.82, 2.24) is 9.55 Å². The molecule has 1 aromatic heterocycles. The third-order valence-electron chi connectivity index (χ3n) is 3.63. The molecule has 1 aliphatic rings. The van der Waals surface area contributed by atoms with Crippen LogP contribution in [0.4, 0.5) is 0 Å². The van der Waals surface area contributed by atoms with Gasteiger partial charge < -0.3 is 4.57 Å². The second-order valence-corrected chi connectivity index (χ2v) is 5.09. The number of rotatable bonds is 1. The molecule has 0 saturated carbocycles. The normalized spacial score (nSPS) is 26.3.